The molecular formula is C10H17F3N2O4S. The molecule has 118 valence electrons. The molecule has 6 nitrogen and oxygen atoms in total. The summed E-state index contributed by atoms with van der Waals surface area (Å²) in [5, 5.41) is 0. The number of methoxy groups -OCH3 is 1. The third kappa shape index (κ3) is 3.41. The zero-order chi connectivity index (χ0) is 15.6. The fourth-order valence-corrected chi connectivity index (χ4v) is 3.43. The zero-order valence-corrected chi connectivity index (χ0v) is 11.8. The van der Waals surface area contributed by atoms with Gasteiger partial charge in [0.05, 0.1) is 12.5 Å². The molecule has 1 rings (SSSR count). The average molecular weight is 318 g/mol. The molecule has 1 heterocycles. The predicted molar refractivity (Wildman–Crippen MR) is 64.2 cm³/mol. The Morgan fingerprint density at radius 1 is 1.35 bits per heavy atom. The Hall–Kier alpha value is -0.870. The lowest BCUT2D eigenvalue weighted by Crippen LogP contribution is -2.53. The van der Waals surface area contributed by atoms with E-state index in [1.54, 1.807) is 0 Å². The van der Waals surface area contributed by atoms with Crippen LogP contribution in [0.5, 0.6) is 0 Å². The van der Waals surface area contributed by atoms with Crippen LogP contribution < -0.4 is 5.73 Å². The number of hydrogen-bond donors (Lipinski definition) is 1. The monoisotopic (exact) mass is 318 g/mol. The van der Waals surface area contributed by atoms with Gasteiger partial charge in [-0.15, -0.1) is 0 Å². The van der Waals surface area contributed by atoms with Gasteiger partial charge in [-0.3, -0.25) is 4.79 Å². The van der Waals surface area contributed by atoms with Gasteiger partial charge in [-0.2, -0.15) is 13.2 Å². The number of ether oxygens (including phenoxy) is 1. The second-order valence-corrected chi connectivity index (χ2v) is 6.68. The molecule has 0 aromatic carbocycles. The number of sulfonamides is 1. The topological polar surface area (TPSA) is 89.7 Å². The fourth-order valence-electron chi connectivity index (χ4n) is 2.09. The average Bonchev–Trinajstić information content (AvgIpc) is 2.36. The summed E-state index contributed by atoms with van der Waals surface area (Å²) in [5.74, 6) is -1.82. The molecule has 0 radical (unpaired) electrons. The number of nitrogens with two attached hydrogens (primary N) is 1. The Morgan fingerprint density at radius 2 is 1.85 bits per heavy atom. The summed E-state index contributed by atoms with van der Waals surface area (Å²) < 4.78 is 67.6. The van der Waals surface area contributed by atoms with Crippen LogP contribution in [0.4, 0.5) is 13.2 Å². The van der Waals surface area contributed by atoms with Gasteiger partial charge in [-0.1, -0.05) is 0 Å². The molecule has 0 saturated carbocycles. The molecule has 20 heavy (non-hydrogen) atoms. The van der Waals surface area contributed by atoms with Crippen molar-refractivity contribution in [3.63, 3.8) is 0 Å². The van der Waals surface area contributed by atoms with Crippen LogP contribution in [0.3, 0.4) is 0 Å². The molecule has 0 spiro atoms. The van der Waals surface area contributed by atoms with E-state index in [9.17, 15) is 26.4 Å². The van der Waals surface area contributed by atoms with Crippen LogP contribution in [0, 0.1) is 5.41 Å². The van der Waals surface area contributed by atoms with Gasteiger partial charge >= 0.3 is 12.1 Å². The minimum absolute atomic E-state index is 0.309. The Balaban J connectivity index is 2.78. The first-order valence-corrected chi connectivity index (χ1v) is 7.50. The number of hydrogen-bond acceptors (Lipinski definition) is 5. The van der Waals surface area contributed by atoms with Crippen LogP contribution in [0.25, 0.3) is 0 Å². The molecule has 0 amide bonds. The van der Waals surface area contributed by atoms with Crippen molar-refractivity contribution >= 4 is 16.0 Å². The van der Waals surface area contributed by atoms with Crippen molar-refractivity contribution in [2.75, 3.05) is 32.5 Å². The number of nitrogens with zero attached hydrogens (tertiary/aromatic N) is 1. The quantitative estimate of drug-likeness (QED) is 0.742. The van der Waals surface area contributed by atoms with Crippen LogP contribution in [-0.4, -0.2) is 57.4 Å². The van der Waals surface area contributed by atoms with Gasteiger partial charge in [-0.05, 0) is 12.8 Å². The maximum absolute atomic E-state index is 13.0. The summed E-state index contributed by atoms with van der Waals surface area (Å²) >= 11 is 0. The lowest BCUT2D eigenvalue weighted by atomic mass is 9.78. The van der Waals surface area contributed by atoms with Gasteiger partial charge in [0, 0.05) is 19.6 Å². The molecular weight excluding hydrogens is 301 g/mol. The lowest BCUT2D eigenvalue weighted by Gasteiger charge is -2.41. The van der Waals surface area contributed by atoms with E-state index in [2.05, 4.69) is 4.74 Å². The molecule has 0 atom stereocenters. The predicted octanol–water partition coefficient (Wildman–Crippen LogP) is 0.0924. The standard InChI is InChI=1S/C10H17F3N2O4S/c1-19-8(16)6-20(17,18)15-4-2-9(7-14,3-5-15)10(11,12)13/h2-7,14H2,1H3. The first-order chi connectivity index (χ1) is 9.08. The van der Waals surface area contributed by atoms with Crippen LogP contribution in [0.15, 0.2) is 0 Å². The number of esters is 1. The first-order valence-electron chi connectivity index (χ1n) is 5.89. The molecule has 0 aromatic rings. The molecule has 1 saturated heterocycles. The Morgan fingerprint density at radius 3 is 2.20 bits per heavy atom. The highest BCUT2D eigenvalue weighted by molar-refractivity contribution is 7.89. The summed E-state index contributed by atoms with van der Waals surface area (Å²) in [5.41, 5.74) is 3.17. The normalized spacial score (nSPS) is 20.6. The van der Waals surface area contributed by atoms with Gasteiger partial charge in [0.15, 0.2) is 5.75 Å². The first kappa shape index (κ1) is 17.2. The van der Waals surface area contributed by atoms with Crippen molar-refractivity contribution in [3.05, 3.63) is 0 Å². The summed E-state index contributed by atoms with van der Waals surface area (Å²) in [6.45, 7) is -1.20. The zero-order valence-electron chi connectivity index (χ0n) is 10.9. The number of carbonyl (C=O) groups excluding carboxylic acids is 1. The SMILES string of the molecule is COC(=O)CS(=O)(=O)N1CCC(CN)(C(F)(F)F)CC1. The summed E-state index contributed by atoms with van der Waals surface area (Å²) in [6, 6.07) is 0. The smallest absolute Gasteiger partial charge is 0.395 e. The van der Waals surface area contributed by atoms with Crippen molar-refractivity contribution < 1.29 is 31.1 Å². The van der Waals surface area contributed by atoms with E-state index in [-0.39, 0.29) is 13.1 Å². The van der Waals surface area contributed by atoms with Crippen molar-refractivity contribution in [1.82, 2.24) is 4.31 Å². The van der Waals surface area contributed by atoms with Gasteiger partial charge < -0.3 is 10.5 Å². The highest BCUT2D eigenvalue weighted by Gasteiger charge is 2.55. The van der Waals surface area contributed by atoms with Crippen molar-refractivity contribution in [1.29, 1.82) is 0 Å². The maximum Gasteiger partial charge on any atom is 0.395 e. The van der Waals surface area contributed by atoms with Crippen molar-refractivity contribution in [2.24, 2.45) is 11.1 Å². The Labute approximate surface area is 115 Å². The largest absolute Gasteiger partial charge is 0.468 e. The highest BCUT2D eigenvalue weighted by Crippen LogP contribution is 2.45. The van der Waals surface area contributed by atoms with Gasteiger partial charge in [-0.25, -0.2) is 12.7 Å². The summed E-state index contributed by atoms with van der Waals surface area (Å²) in [6.07, 6.45) is -5.29. The van der Waals surface area contributed by atoms with E-state index in [4.69, 9.17) is 5.73 Å². The van der Waals surface area contributed by atoms with E-state index in [1.807, 2.05) is 0 Å². The van der Waals surface area contributed by atoms with E-state index < -0.39 is 52.7 Å². The number of alkyl halides is 3. The second-order valence-electron chi connectivity index (χ2n) is 4.71. The third-order valence-electron chi connectivity index (χ3n) is 3.59. The Kier molecular flexibility index (Phi) is 5.03. The molecule has 0 unspecified atom stereocenters. The lowest BCUT2D eigenvalue weighted by molar-refractivity contribution is -0.231. The van der Waals surface area contributed by atoms with E-state index >= 15 is 0 Å². The molecule has 0 aromatic heterocycles. The number of rotatable bonds is 4. The van der Waals surface area contributed by atoms with Gasteiger partial charge in [0.25, 0.3) is 0 Å². The molecule has 1 aliphatic heterocycles. The molecule has 0 bridgehead atoms. The maximum atomic E-state index is 13.0. The molecule has 0 aliphatic carbocycles. The van der Waals surface area contributed by atoms with Gasteiger partial charge in [0.2, 0.25) is 10.0 Å². The molecule has 1 aliphatic rings. The number of halogens is 3. The van der Waals surface area contributed by atoms with Gasteiger partial charge in [0.1, 0.15) is 0 Å². The minimum atomic E-state index is -4.47. The minimum Gasteiger partial charge on any atom is -0.468 e. The van der Waals surface area contributed by atoms with Crippen molar-refractivity contribution in [3.8, 4) is 0 Å². The molecule has 10 heteroatoms. The number of piperidine rings is 1. The van der Waals surface area contributed by atoms with Crippen LogP contribution in [0.2, 0.25) is 0 Å². The van der Waals surface area contributed by atoms with Crippen LogP contribution in [0.1, 0.15) is 12.8 Å². The van der Waals surface area contributed by atoms with E-state index in [1.165, 1.54) is 0 Å². The van der Waals surface area contributed by atoms with Crippen molar-refractivity contribution in [2.45, 2.75) is 19.0 Å². The van der Waals surface area contributed by atoms with E-state index in [0.29, 0.717) is 0 Å². The second kappa shape index (κ2) is 5.86. The fraction of sp³-hybridized carbons (Fsp3) is 0.900. The summed E-state index contributed by atoms with van der Waals surface area (Å²) in [4.78, 5) is 11.0. The van der Waals surface area contributed by atoms with Crippen LogP contribution >= 0.6 is 0 Å². The third-order valence-corrected chi connectivity index (χ3v) is 5.35. The Bertz CT molecular complexity index is 456. The molecule has 1 fully saturated rings. The van der Waals surface area contributed by atoms with E-state index in [0.717, 1.165) is 11.4 Å². The molecule has 2 N–H and O–H groups in total. The summed E-state index contributed by atoms with van der Waals surface area (Å²) in [7, 11) is -2.91. The highest BCUT2D eigenvalue weighted by atomic mass is 32.2. The van der Waals surface area contributed by atoms with Crippen LogP contribution in [-0.2, 0) is 19.6 Å². The number of carbonyl (C=O) groups is 1.